The standard InChI is InChI=1S/C24H25FN6O/c1-30-12-15-10-17(22(32)11-21(15)29-30)18-2-3-20-19(26-18)4-5-23(27-20)31-9-6-16(13-31)28-24(14-25)7-8-24/h2-5,10-12,16,28,32H,6-9,13-14H2,1H3. The van der Waals surface area contributed by atoms with Gasteiger partial charge in [0, 0.05) is 54.9 Å². The minimum atomic E-state index is -0.283. The average molecular weight is 433 g/mol. The Morgan fingerprint density at radius 1 is 1.12 bits per heavy atom. The van der Waals surface area contributed by atoms with E-state index in [1.54, 1.807) is 10.7 Å². The SMILES string of the molecule is Cn1cc2cc(-c3ccc4nc(N5CCC(NC6(CF)CC6)C5)ccc4n3)c(O)cc2n1. The van der Waals surface area contributed by atoms with Crippen LogP contribution in [0.1, 0.15) is 19.3 Å². The summed E-state index contributed by atoms with van der Waals surface area (Å²) in [7, 11) is 1.86. The Morgan fingerprint density at radius 3 is 2.75 bits per heavy atom. The fourth-order valence-corrected chi connectivity index (χ4v) is 4.70. The van der Waals surface area contributed by atoms with Gasteiger partial charge >= 0.3 is 0 Å². The van der Waals surface area contributed by atoms with E-state index in [4.69, 9.17) is 9.97 Å². The summed E-state index contributed by atoms with van der Waals surface area (Å²) in [6, 6.07) is 11.7. The molecule has 6 rings (SSSR count). The molecule has 1 saturated heterocycles. The van der Waals surface area contributed by atoms with Crippen LogP contribution in [0.5, 0.6) is 5.75 Å². The first-order valence-corrected chi connectivity index (χ1v) is 11.1. The third-order valence-electron chi connectivity index (χ3n) is 6.67. The Hall–Kier alpha value is -3.26. The van der Waals surface area contributed by atoms with E-state index in [2.05, 4.69) is 15.3 Å². The average Bonchev–Trinajstić information content (AvgIpc) is 3.24. The van der Waals surface area contributed by atoms with Gasteiger partial charge in [-0.2, -0.15) is 5.10 Å². The molecular formula is C24H25FN6O. The highest BCUT2D eigenvalue weighted by atomic mass is 19.1. The van der Waals surface area contributed by atoms with Crippen molar-refractivity contribution < 1.29 is 9.50 Å². The molecule has 164 valence electrons. The highest BCUT2D eigenvalue weighted by Crippen LogP contribution is 2.37. The molecule has 1 saturated carbocycles. The lowest BCUT2D eigenvalue weighted by atomic mass is 10.1. The van der Waals surface area contributed by atoms with Gasteiger partial charge in [0.2, 0.25) is 0 Å². The molecule has 32 heavy (non-hydrogen) atoms. The van der Waals surface area contributed by atoms with E-state index < -0.39 is 0 Å². The highest BCUT2D eigenvalue weighted by Gasteiger charge is 2.45. The molecule has 7 nitrogen and oxygen atoms in total. The zero-order valence-corrected chi connectivity index (χ0v) is 17.9. The minimum absolute atomic E-state index is 0.157. The predicted molar refractivity (Wildman–Crippen MR) is 123 cm³/mol. The van der Waals surface area contributed by atoms with Gasteiger partial charge in [-0.15, -0.1) is 0 Å². The Bertz CT molecular complexity index is 1330. The number of hydrogen-bond acceptors (Lipinski definition) is 6. The van der Waals surface area contributed by atoms with Gasteiger partial charge in [-0.3, -0.25) is 4.68 Å². The number of anilines is 1. The van der Waals surface area contributed by atoms with Crippen molar-refractivity contribution >= 4 is 27.8 Å². The number of rotatable bonds is 5. The van der Waals surface area contributed by atoms with Gasteiger partial charge in [-0.05, 0) is 49.6 Å². The van der Waals surface area contributed by atoms with Crippen molar-refractivity contribution in [3.63, 3.8) is 0 Å². The number of nitrogens with zero attached hydrogens (tertiary/aromatic N) is 5. The van der Waals surface area contributed by atoms with E-state index >= 15 is 0 Å². The van der Waals surface area contributed by atoms with Gasteiger partial charge in [-0.25, -0.2) is 14.4 Å². The molecule has 3 aromatic heterocycles. The zero-order valence-electron chi connectivity index (χ0n) is 17.9. The number of aryl methyl sites for hydroxylation is 1. The van der Waals surface area contributed by atoms with Crippen LogP contribution in [0.25, 0.3) is 33.2 Å². The second-order valence-electron chi connectivity index (χ2n) is 9.13. The third-order valence-corrected chi connectivity index (χ3v) is 6.67. The van der Waals surface area contributed by atoms with Crippen molar-refractivity contribution in [1.29, 1.82) is 0 Å². The first-order valence-electron chi connectivity index (χ1n) is 11.1. The van der Waals surface area contributed by atoms with Crippen LogP contribution in [0.2, 0.25) is 0 Å². The molecule has 2 aliphatic rings. The fraction of sp³-hybridized carbons (Fsp3) is 0.375. The number of phenols is 1. The number of hydrogen-bond donors (Lipinski definition) is 2. The second kappa shape index (κ2) is 7.13. The highest BCUT2D eigenvalue weighted by molar-refractivity contribution is 5.88. The third kappa shape index (κ3) is 3.35. The number of aromatic hydroxyl groups is 1. The van der Waals surface area contributed by atoms with Crippen molar-refractivity contribution in [1.82, 2.24) is 25.1 Å². The van der Waals surface area contributed by atoms with Gasteiger partial charge in [-0.1, -0.05) is 0 Å². The number of halogens is 1. The molecule has 1 aliphatic carbocycles. The molecule has 1 aliphatic heterocycles. The summed E-state index contributed by atoms with van der Waals surface area (Å²) in [4.78, 5) is 11.8. The smallest absolute Gasteiger partial charge is 0.129 e. The fourth-order valence-electron chi connectivity index (χ4n) is 4.70. The van der Waals surface area contributed by atoms with Crippen LogP contribution < -0.4 is 10.2 Å². The predicted octanol–water partition coefficient (Wildman–Crippen LogP) is 3.56. The van der Waals surface area contributed by atoms with E-state index in [1.807, 2.05) is 43.6 Å². The number of fused-ring (bicyclic) bond motifs is 2. The van der Waals surface area contributed by atoms with E-state index in [1.165, 1.54) is 0 Å². The maximum atomic E-state index is 13.2. The van der Waals surface area contributed by atoms with Crippen molar-refractivity contribution in [2.24, 2.45) is 7.05 Å². The van der Waals surface area contributed by atoms with Gasteiger partial charge < -0.3 is 15.3 Å². The largest absolute Gasteiger partial charge is 0.507 e. The maximum Gasteiger partial charge on any atom is 0.129 e. The van der Waals surface area contributed by atoms with Crippen LogP contribution in [0.3, 0.4) is 0 Å². The molecule has 0 amide bonds. The monoisotopic (exact) mass is 432 g/mol. The van der Waals surface area contributed by atoms with E-state index in [-0.39, 0.29) is 18.0 Å². The molecule has 4 heterocycles. The van der Waals surface area contributed by atoms with Crippen molar-refractivity contribution in [3.05, 3.63) is 42.6 Å². The summed E-state index contributed by atoms with van der Waals surface area (Å²) in [5.41, 5.74) is 3.45. The van der Waals surface area contributed by atoms with Crippen LogP contribution >= 0.6 is 0 Å². The molecular weight excluding hydrogens is 407 g/mol. The van der Waals surface area contributed by atoms with Crippen molar-refractivity contribution in [3.8, 4) is 17.0 Å². The van der Waals surface area contributed by atoms with Crippen LogP contribution in [-0.4, -0.2) is 56.2 Å². The lowest BCUT2D eigenvalue weighted by molar-refractivity contribution is 0.332. The number of benzene rings is 1. The van der Waals surface area contributed by atoms with Gasteiger partial charge in [0.25, 0.3) is 0 Å². The molecule has 1 aromatic carbocycles. The van der Waals surface area contributed by atoms with Crippen LogP contribution in [0, 0.1) is 0 Å². The molecule has 1 unspecified atom stereocenters. The van der Waals surface area contributed by atoms with E-state index in [0.717, 1.165) is 60.1 Å². The first kappa shape index (κ1) is 19.4. The van der Waals surface area contributed by atoms with Crippen LogP contribution in [0.15, 0.2) is 42.6 Å². The summed E-state index contributed by atoms with van der Waals surface area (Å²) in [6.07, 6.45) is 4.79. The Morgan fingerprint density at radius 2 is 1.94 bits per heavy atom. The number of alkyl halides is 1. The summed E-state index contributed by atoms with van der Waals surface area (Å²) in [5.74, 6) is 1.08. The van der Waals surface area contributed by atoms with Crippen LogP contribution in [0.4, 0.5) is 10.2 Å². The quantitative estimate of drug-likeness (QED) is 0.502. The van der Waals surface area contributed by atoms with Crippen molar-refractivity contribution in [2.45, 2.75) is 30.8 Å². The maximum absolute atomic E-state index is 13.2. The number of aromatic nitrogens is 4. The van der Waals surface area contributed by atoms with Crippen molar-refractivity contribution in [2.75, 3.05) is 24.7 Å². The number of pyridine rings is 2. The number of phenolic OH excluding ortho intramolecular Hbond substituents is 1. The Balaban J connectivity index is 1.26. The summed E-state index contributed by atoms with van der Waals surface area (Å²) in [6.45, 7) is 1.46. The normalized spacial score (nSPS) is 19.8. The Kier molecular flexibility index (Phi) is 4.33. The van der Waals surface area contributed by atoms with Gasteiger partial charge in [0.05, 0.1) is 22.2 Å². The molecule has 0 radical (unpaired) electrons. The van der Waals surface area contributed by atoms with Gasteiger partial charge in [0.1, 0.15) is 18.2 Å². The first-order chi connectivity index (χ1) is 15.5. The molecule has 2 N–H and O–H groups in total. The van der Waals surface area contributed by atoms with E-state index in [0.29, 0.717) is 17.3 Å². The Labute approximate surface area is 184 Å². The second-order valence-corrected chi connectivity index (χ2v) is 9.13. The lowest BCUT2D eigenvalue weighted by Gasteiger charge is -2.21. The molecule has 0 bridgehead atoms. The summed E-state index contributed by atoms with van der Waals surface area (Å²) < 4.78 is 15.0. The lowest BCUT2D eigenvalue weighted by Crippen LogP contribution is -2.43. The molecule has 2 fully saturated rings. The molecule has 8 heteroatoms. The molecule has 0 spiro atoms. The van der Waals surface area contributed by atoms with Gasteiger partial charge in [0.15, 0.2) is 0 Å². The van der Waals surface area contributed by atoms with E-state index in [9.17, 15) is 9.50 Å². The summed E-state index contributed by atoms with van der Waals surface area (Å²) in [5, 5.41) is 19.3. The topological polar surface area (TPSA) is 79.1 Å². The minimum Gasteiger partial charge on any atom is -0.507 e. The number of nitrogens with one attached hydrogen (secondary N) is 1. The molecule has 1 atom stereocenters. The molecule has 4 aromatic rings. The summed E-state index contributed by atoms with van der Waals surface area (Å²) >= 11 is 0. The zero-order chi connectivity index (χ0) is 21.9. The van der Waals surface area contributed by atoms with Crippen LogP contribution in [-0.2, 0) is 7.05 Å².